The van der Waals surface area contributed by atoms with Crippen LogP contribution in [0.25, 0.3) is 0 Å². The number of ether oxygens (including phenoxy) is 9. The van der Waals surface area contributed by atoms with Crippen molar-refractivity contribution >= 4 is 17.8 Å². The number of rotatable bonds is 31. The number of hydrogen-bond acceptors (Lipinski definition) is 12. The molecule has 0 spiro atoms. The van der Waals surface area contributed by atoms with Gasteiger partial charge in [-0.3, -0.25) is 9.59 Å². The second-order valence-electron chi connectivity index (χ2n) is 9.77. The number of ketones is 1. The van der Waals surface area contributed by atoms with E-state index in [1.807, 2.05) is 27.7 Å². The predicted octanol–water partition coefficient (Wildman–Crippen LogP) is 2.87. The van der Waals surface area contributed by atoms with Crippen molar-refractivity contribution in [2.45, 2.75) is 65.6 Å². The summed E-state index contributed by atoms with van der Waals surface area (Å²) in [4.78, 5) is 35.1. The molecule has 0 aliphatic carbocycles. The molecule has 0 aromatic carbocycles. The van der Waals surface area contributed by atoms with Crippen molar-refractivity contribution in [2.75, 3.05) is 99.0 Å². The molecule has 0 radical (unpaired) electrons. The fourth-order valence-electron chi connectivity index (χ4n) is 3.03. The first-order valence-electron chi connectivity index (χ1n) is 15.2. The summed E-state index contributed by atoms with van der Waals surface area (Å²) in [5.41, 5.74) is 0. The van der Waals surface area contributed by atoms with Gasteiger partial charge in [0.05, 0.1) is 71.7 Å². The van der Waals surface area contributed by atoms with Gasteiger partial charge in [-0.2, -0.15) is 0 Å². The Morgan fingerprint density at radius 1 is 0.581 bits per heavy atom. The molecule has 0 aromatic heterocycles. The van der Waals surface area contributed by atoms with Gasteiger partial charge in [-0.1, -0.05) is 0 Å². The number of nitrogens with one attached hydrogen (secondary N) is 1. The molecular formula is C30H55NO12. The topological polar surface area (TPSA) is 146 Å². The van der Waals surface area contributed by atoms with Gasteiger partial charge in [-0.05, 0) is 52.7 Å². The van der Waals surface area contributed by atoms with Crippen molar-refractivity contribution in [3.05, 3.63) is 12.2 Å². The molecule has 0 aliphatic heterocycles. The Morgan fingerprint density at radius 2 is 1.07 bits per heavy atom. The molecule has 1 N–H and O–H groups in total. The number of amides is 1. The van der Waals surface area contributed by atoms with Crippen molar-refractivity contribution in [1.29, 1.82) is 0 Å². The largest absolute Gasteiger partial charge is 0.461 e. The SMILES string of the molecule is CC(C)OCCOCCCC(=O)COCCOCCNC(=O)OC/C=C/COC(=O)CCCOCCOCCOC(C)C. The van der Waals surface area contributed by atoms with Gasteiger partial charge in [-0.15, -0.1) is 0 Å². The Bertz CT molecular complexity index is 703. The van der Waals surface area contributed by atoms with E-state index >= 15 is 0 Å². The molecule has 0 rings (SSSR count). The second-order valence-corrected chi connectivity index (χ2v) is 9.77. The molecule has 0 bridgehead atoms. The molecule has 0 atom stereocenters. The third-order valence-corrected chi connectivity index (χ3v) is 5.11. The molecule has 252 valence electrons. The summed E-state index contributed by atoms with van der Waals surface area (Å²) in [5.74, 6) is -0.309. The zero-order valence-corrected chi connectivity index (χ0v) is 26.6. The van der Waals surface area contributed by atoms with Crippen LogP contribution in [0.4, 0.5) is 4.79 Å². The predicted molar refractivity (Wildman–Crippen MR) is 159 cm³/mol. The maximum absolute atomic E-state index is 11.8. The number of Topliss-reactive ketones (excluding diaryl/α,β-unsaturated/α-hetero) is 1. The quantitative estimate of drug-likeness (QED) is 0.0690. The first-order valence-corrected chi connectivity index (χ1v) is 15.2. The summed E-state index contributed by atoms with van der Waals surface area (Å²) in [5, 5.41) is 2.56. The molecule has 0 fully saturated rings. The van der Waals surface area contributed by atoms with Crippen LogP contribution in [0.15, 0.2) is 12.2 Å². The first-order chi connectivity index (χ1) is 20.8. The van der Waals surface area contributed by atoms with E-state index < -0.39 is 6.09 Å². The van der Waals surface area contributed by atoms with Crippen LogP contribution in [-0.2, 0) is 52.2 Å². The molecule has 43 heavy (non-hydrogen) atoms. The van der Waals surface area contributed by atoms with Gasteiger partial charge in [0.25, 0.3) is 0 Å². The van der Waals surface area contributed by atoms with Crippen LogP contribution >= 0.6 is 0 Å². The monoisotopic (exact) mass is 621 g/mol. The highest BCUT2D eigenvalue weighted by Crippen LogP contribution is 1.96. The highest BCUT2D eigenvalue weighted by Gasteiger charge is 2.04. The Balaban J connectivity index is 3.42. The van der Waals surface area contributed by atoms with E-state index in [4.69, 9.17) is 42.6 Å². The first kappa shape index (κ1) is 40.9. The molecule has 0 heterocycles. The summed E-state index contributed by atoms with van der Waals surface area (Å²) in [6.07, 6.45) is 4.86. The average molecular weight is 622 g/mol. The molecule has 1 amide bonds. The van der Waals surface area contributed by atoms with Crippen molar-refractivity contribution < 1.29 is 57.0 Å². The zero-order valence-electron chi connectivity index (χ0n) is 26.6. The van der Waals surface area contributed by atoms with Gasteiger partial charge in [0.2, 0.25) is 0 Å². The van der Waals surface area contributed by atoms with Crippen LogP contribution in [0.2, 0.25) is 0 Å². The van der Waals surface area contributed by atoms with Gasteiger partial charge >= 0.3 is 12.1 Å². The zero-order chi connectivity index (χ0) is 31.8. The maximum atomic E-state index is 11.8. The molecule has 0 saturated carbocycles. The number of alkyl carbamates (subject to hydrolysis) is 1. The average Bonchev–Trinajstić information content (AvgIpc) is 2.96. The highest BCUT2D eigenvalue weighted by molar-refractivity contribution is 5.79. The van der Waals surface area contributed by atoms with Gasteiger partial charge in [0.1, 0.15) is 19.8 Å². The minimum Gasteiger partial charge on any atom is -0.461 e. The van der Waals surface area contributed by atoms with E-state index in [0.717, 1.165) is 0 Å². The van der Waals surface area contributed by atoms with Gasteiger partial charge in [0, 0.05) is 32.6 Å². The second kappa shape index (κ2) is 31.3. The van der Waals surface area contributed by atoms with E-state index in [0.29, 0.717) is 78.7 Å². The lowest BCUT2D eigenvalue weighted by atomic mass is 10.2. The van der Waals surface area contributed by atoms with Crippen molar-refractivity contribution in [3.8, 4) is 0 Å². The van der Waals surface area contributed by atoms with E-state index in [-0.39, 0.29) is 70.0 Å². The summed E-state index contributed by atoms with van der Waals surface area (Å²) >= 11 is 0. The van der Waals surface area contributed by atoms with Crippen molar-refractivity contribution in [1.82, 2.24) is 5.32 Å². The molecule has 13 heteroatoms. The minimum atomic E-state index is -0.585. The van der Waals surface area contributed by atoms with Gasteiger partial charge < -0.3 is 47.9 Å². The van der Waals surface area contributed by atoms with Gasteiger partial charge in [-0.25, -0.2) is 4.79 Å². The van der Waals surface area contributed by atoms with E-state index in [1.54, 1.807) is 12.2 Å². The third-order valence-electron chi connectivity index (χ3n) is 5.11. The van der Waals surface area contributed by atoms with Crippen LogP contribution in [0.3, 0.4) is 0 Å². The molecule has 13 nitrogen and oxygen atoms in total. The van der Waals surface area contributed by atoms with E-state index in [1.165, 1.54) is 0 Å². The third kappa shape index (κ3) is 34.2. The fourth-order valence-corrected chi connectivity index (χ4v) is 3.03. The van der Waals surface area contributed by atoms with Crippen LogP contribution in [-0.4, -0.2) is 129 Å². The van der Waals surface area contributed by atoms with Crippen LogP contribution in [0, 0.1) is 0 Å². The smallest absolute Gasteiger partial charge is 0.407 e. The van der Waals surface area contributed by atoms with Crippen LogP contribution in [0.5, 0.6) is 0 Å². The standard InChI is InChI=1S/C30H55NO12/c1-26(2)40-23-21-36-12-7-9-28(32)25-39-20-19-37-16-11-31-30(34)43-15-6-5-14-42-29(33)10-8-13-35-17-18-38-22-24-41-27(3)4/h5-6,26-27H,7-25H2,1-4H3,(H,31,34)/b6-5+. The maximum Gasteiger partial charge on any atom is 0.407 e. The molecular weight excluding hydrogens is 566 g/mol. The Labute approximate surface area is 257 Å². The number of carbonyl (C=O) groups excluding carboxylic acids is 3. The lowest BCUT2D eigenvalue weighted by Crippen LogP contribution is -2.28. The van der Waals surface area contributed by atoms with Crippen LogP contribution < -0.4 is 5.32 Å². The fraction of sp³-hybridized carbons (Fsp3) is 0.833. The van der Waals surface area contributed by atoms with Crippen molar-refractivity contribution in [2.24, 2.45) is 0 Å². The lowest BCUT2D eigenvalue weighted by Gasteiger charge is -2.08. The number of esters is 1. The van der Waals surface area contributed by atoms with E-state index in [9.17, 15) is 14.4 Å². The summed E-state index contributed by atoms with van der Waals surface area (Å²) in [6, 6.07) is 0. The molecule has 0 aliphatic rings. The minimum absolute atomic E-state index is 0.0150. The molecule has 0 unspecified atom stereocenters. The number of carbonyl (C=O) groups is 3. The Morgan fingerprint density at radius 3 is 1.67 bits per heavy atom. The summed E-state index contributed by atoms with van der Waals surface area (Å²) < 4.78 is 47.6. The van der Waals surface area contributed by atoms with E-state index in [2.05, 4.69) is 5.32 Å². The molecule has 0 aromatic rings. The molecule has 0 saturated heterocycles. The Kier molecular flexibility index (Phi) is 29.7. The van der Waals surface area contributed by atoms with Gasteiger partial charge in [0.15, 0.2) is 5.78 Å². The summed E-state index contributed by atoms with van der Waals surface area (Å²) in [6.45, 7) is 13.3. The summed E-state index contributed by atoms with van der Waals surface area (Å²) in [7, 11) is 0. The Hall–Kier alpha value is -2.13. The normalized spacial score (nSPS) is 11.5. The lowest BCUT2D eigenvalue weighted by molar-refractivity contribution is -0.142. The van der Waals surface area contributed by atoms with Crippen LogP contribution in [0.1, 0.15) is 53.4 Å². The number of hydrogen-bond donors (Lipinski definition) is 1. The highest BCUT2D eigenvalue weighted by atomic mass is 16.6. The van der Waals surface area contributed by atoms with Crippen molar-refractivity contribution in [3.63, 3.8) is 0 Å².